The lowest BCUT2D eigenvalue weighted by Gasteiger charge is -1.93. The molecule has 0 bridgehead atoms. The molecule has 7 heteroatoms. The van der Waals surface area contributed by atoms with E-state index in [4.69, 9.17) is 13.3 Å². The van der Waals surface area contributed by atoms with Gasteiger partial charge in [-0.3, -0.25) is 0 Å². The van der Waals surface area contributed by atoms with Crippen LogP contribution in [0.4, 0.5) is 0 Å². The molecule has 0 aliphatic rings. The van der Waals surface area contributed by atoms with Gasteiger partial charge in [0.2, 0.25) is 5.89 Å². The number of benzene rings is 1. The third kappa shape index (κ3) is 2.98. The Morgan fingerprint density at radius 2 is 1.83 bits per heavy atom. The van der Waals surface area contributed by atoms with Crippen molar-refractivity contribution in [2.75, 3.05) is 0 Å². The van der Waals surface area contributed by atoms with Crippen molar-refractivity contribution in [2.24, 2.45) is 0 Å². The van der Waals surface area contributed by atoms with Gasteiger partial charge in [0.15, 0.2) is 5.76 Å². The Morgan fingerprint density at radius 1 is 0.958 bits per heavy atom. The number of aromatic nitrogens is 3. The van der Waals surface area contributed by atoms with Crippen LogP contribution in [0.15, 0.2) is 67.2 Å². The van der Waals surface area contributed by atoms with Gasteiger partial charge >= 0.3 is 0 Å². The molecule has 0 fully saturated rings. The third-order valence-electron chi connectivity index (χ3n) is 3.38. The van der Waals surface area contributed by atoms with Crippen LogP contribution in [0.2, 0.25) is 0 Å². The number of oxazole rings is 1. The fourth-order valence-corrected chi connectivity index (χ4v) is 2.93. The van der Waals surface area contributed by atoms with Crippen LogP contribution in [0.25, 0.3) is 23.1 Å². The van der Waals surface area contributed by atoms with Crippen molar-refractivity contribution in [3.05, 3.63) is 60.2 Å². The van der Waals surface area contributed by atoms with E-state index in [1.165, 1.54) is 11.8 Å². The average molecular weight is 339 g/mol. The first-order valence-electron chi connectivity index (χ1n) is 7.31. The van der Waals surface area contributed by atoms with E-state index in [0.29, 0.717) is 28.5 Å². The summed E-state index contributed by atoms with van der Waals surface area (Å²) in [7, 11) is 0. The summed E-state index contributed by atoms with van der Waals surface area (Å²) >= 11 is 1.41. The molecular weight excluding hydrogens is 326 g/mol. The second-order valence-electron chi connectivity index (χ2n) is 5.03. The summed E-state index contributed by atoms with van der Waals surface area (Å²) in [4.78, 5) is 4.56. The summed E-state index contributed by atoms with van der Waals surface area (Å²) < 4.78 is 16.6. The van der Waals surface area contributed by atoms with Crippen molar-refractivity contribution in [2.45, 2.75) is 17.9 Å². The van der Waals surface area contributed by atoms with Crippen molar-refractivity contribution in [3.8, 4) is 23.1 Å². The predicted molar refractivity (Wildman–Crippen MR) is 88.2 cm³/mol. The Hall–Kier alpha value is -2.80. The largest absolute Gasteiger partial charge is 0.459 e. The molecule has 0 aliphatic heterocycles. The molecule has 120 valence electrons. The number of nitrogens with zero attached hydrogens (tertiary/aromatic N) is 3. The topological polar surface area (TPSA) is 78.1 Å². The summed E-state index contributed by atoms with van der Waals surface area (Å²) in [5.74, 6) is 2.91. The van der Waals surface area contributed by atoms with E-state index < -0.39 is 0 Å². The monoisotopic (exact) mass is 339 g/mol. The normalized spacial score (nSPS) is 11.0. The molecule has 0 N–H and O–H groups in total. The van der Waals surface area contributed by atoms with E-state index in [9.17, 15) is 0 Å². The first-order valence-corrected chi connectivity index (χ1v) is 8.30. The highest BCUT2D eigenvalue weighted by Gasteiger charge is 2.15. The molecule has 0 saturated carbocycles. The highest BCUT2D eigenvalue weighted by Crippen LogP contribution is 2.28. The molecule has 0 amide bonds. The standard InChI is InChI=1S/C17H13N3O3S/c1-11-13(18-15(22-11)12-6-3-2-4-7-12)10-24-17-20-19-16(23-17)14-8-5-9-21-14/h2-9H,10H2,1H3. The molecule has 0 saturated heterocycles. The van der Waals surface area contributed by atoms with Gasteiger partial charge in [-0.2, -0.15) is 0 Å². The smallest absolute Gasteiger partial charge is 0.284 e. The molecular formula is C17H13N3O3S. The van der Waals surface area contributed by atoms with Crippen LogP contribution in [-0.2, 0) is 5.75 Å². The molecule has 3 heterocycles. The molecule has 0 spiro atoms. The Bertz CT molecular complexity index is 929. The maximum Gasteiger partial charge on any atom is 0.284 e. The molecule has 0 radical (unpaired) electrons. The molecule has 4 aromatic rings. The number of hydrogen-bond acceptors (Lipinski definition) is 7. The Balaban J connectivity index is 1.48. The summed E-state index contributed by atoms with van der Waals surface area (Å²) in [6, 6.07) is 13.4. The van der Waals surface area contributed by atoms with Crippen molar-refractivity contribution >= 4 is 11.8 Å². The van der Waals surface area contributed by atoms with Gasteiger partial charge in [-0.25, -0.2) is 4.98 Å². The quantitative estimate of drug-likeness (QED) is 0.492. The van der Waals surface area contributed by atoms with Crippen molar-refractivity contribution in [1.82, 2.24) is 15.2 Å². The molecule has 1 aromatic carbocycles. The van der Waals surface area contributed by atoms with Crippen LogP contribution in [0.1, 0.15) is 11.5 Å². The van der Waals surface area contributed by atoms with Crippen LogP contribution in [-0.4, -0.2) is 15.2 Å². The van der Waals surface area contributed by atoms with Crippen LogP contribution in [0.5, 0.6) is 0 Å². The van der Waals surface area contributed by atoms with Gasteiger partial charge in [-0.15, -0.1) is 10.2 Å². The van der Waals surface area contributed by atoms with Gasteiger partial charge in [-0.1, -0.05) is 30.0 Å². The van der Waals surface area contributed by atoms with Gasteiger partial charge in [0.25, 0.3) is 11.1 Å². The van der Waals surface area contributed by atoms with Crippen molar-refractivity contribution in [1.29, 1.82) is 0 Å². The van der Waals surface area contributed by atoms with E-state index in [-0.39, 0.29) is 0 Å². The van der Waals surface area contributed by atoms with Crippen molar-refractivity contribution in [3.63, 3.8) is 0 Å². The first kappa shape index (κ1) is 14.8. The van der Waals surface area contributed by atoms with Crippen molar-refractivity contribution < 1.29 is 13.3 Å². The molecule has 4 rings (SSSR count). The lowest BCUT2D eigenvalue weighted by Crippen LogP contribution is -1.84. The van der Waals surface area contributed by atoms with E-state index in [2.05, 4.69) is 15.2 Å². The number of hydrogen-bond donors (Lipinski definition) is 0. The molecule has 6 nitrogen and oxygen atoms in total. The molecule has 0 aliphatic carbocycles. The minimum atomic E-state index is 0.365. The lowest BCUT2D eigenvalue weighted by atomic mass is 10.2. The number of furan rings is 1. The second-order valence-corrected chi connectivity index (χ2v) is 5.95. The third-order valence-corrected chi connectivity index (χ3v) is 4.21. The van der Waals surface area contributed by atoms with Gasteiger partial charge in [0.05, 0.1) is 12.0 Å². The maximum absolute atomic E-state index is 5.75. The summed E-state index contributed by atoms with van der Waals surface area (Å²) in [6.07, 6.45) is 1.57. The maximum atomic E-state index is 5.75. The summed E-state index contributed by atoms with van der Waals surface area (Å²) in [5, 5.41) is 8.44. The Labute approximate surface area is 141 Å². The van der Waals surface area contributed by atoms with E-state index in [1.54, 1.807) is 18.4 Å². The van der Waals surface area contributed by atoms with E-state index in [1.807, 2.05) is 37.3 Å². The SMILES string of the molecule is Cc1oc(-c2ccccc2)nc1CSc1nnc(-c2ccco2)o1. The van der Waals surface area contributed by atoms with Crippen LogP contribution in [0.3, 0.4) is 0 Å². The molecule has 3 aromatic heterocycles. The van der Waals surface area contributed by atoms with Gasteiger partial charge < -0.3 is 13.3 Å². The zero-order valence-corrected chi connectivity index (χ0v) is 13.6. The molecule has 24 heavy (non-hydrogen) atoms. The van der Waals surface area contributed by atoms with Crippen LogP contribution in [0, 0.1) is 6.92 Å². The fraction of sp³-hybridized carbons (Fsp3) is 0.118. The fourth-order valence-electron chi connectivity index (χ4n) is 2.16. The van der Waals surface area contributed by atoms with Crippen LogP contribution >= 0.6 is 11.8 Å². The number of thioether (sulfide) groups is 1. The van der Waals surface area contributed by atoms with E-state index >= 15 is 0 Å². The number of rotatable bonds is 5. The summed E-state index contributed by atoms with van der Waals surface area (Å²) in [6.45, 7) is 1.90. The number of aryl methyl sites for hydroxylation is 1. The Morgan fingerprint density at radius 3 is 2.62 bits per heavy atom. The Kier molecular flexibility index (Phi) is 3.92. The minimum Gasteiger partial charge on any atom is -0.459 e. The summed E-state index contributed by atoms with van der Waals surface area (Å²) in [5.41, 5.74) is 1.81. The van der Waals surface area contributed by atoms with Gasteiger partial charge in [0, 0.05) is 11.3 Å². The first-order chi connectivity index (χ1) is 11.8. The molecule has 0 atom stereocenters. The molecule has 0 unspecified atom stereocenters. The highest BCUT2D eigenvalue weighted by atomic mass is 32.2. The highest BCUT2D eigenvalue weighted by molar-refractivity contribution is 7.98. The van der Waals surface area contributed by atoms with E-state index in [0.717, 1.165) is 17.0 Å². The lowest BCUT2D eigenvalue weighted by molar-refractivity contribution is 0.447. The zero-order valence-electron chi connectivity index (χ0n) is 12.8. The predicted octanol–water partition coefficient (Wildman–Crippen LogP) is 4.59. The zero-order chi connectivity index (χ0) is 16.4. The van der Waals surface area contributed by atoms with Gasteiger partial charge in [-0.05, 0) is 31.2 Å². The minimum absolute atomic E-state index is 0.365. The van der Waals surface area contributed by atoms with Crippen LogP contribution < -0.4 is 0 Å². The second kappa shape index (κ2) is 6.37. The average Bonchev–Trinajstić information content (AvgIpc) is 3.34. The van der Waals surface area contributed by atoms with Gasteiger partial charge in [0.1, 0.15) is 5.76 Å².